The largest absolute Gasteiger partial charge is 0.338 e. The number of amides is 1. The van der Waals surface area contributed by atoms with E-state index in [0.717, 1.165) is 78.2 Å². The number of carbonyl (C=O) groups is 1. The van der Waals surface area contributed by atoms with E-state index >= 15 is 0 Å². The predicted molar refractivity (Wildman–Crippen MR) is 157 cm³/mol. The Morgan fingerprint density at radius 1 is 1.05 bits per heavy atom. The van der Waals surface area contributed by atoms with Crippen molar-refractivity contribution in [3.8, 4) is 0 Å². The average Bonchev–Trinajstić information content (AvgIpc) is 3.24. The van der Waals surface area contributed by atoms with Crippen LogP contribution in [0.5, 0.6) is 0 Å². The topological polar surface area (TPSA) is 100 Å². The van der Waals surface area contributed by atoms with Gasteiger partial charge in [-0.15, -0.1) is 12.4 Å². The van der Waals surface area contributed by atoms with E-state index in [1.54, 1.807) is 4.68 Å². The number of para-hydroxylation sites is 1. The van der Waals surface area contributed by atoms with Gasteiger partial charge in [-0.25, -0.2) is 9.67 Å². The minimum absolute atomic E-state index is 0. The molecule has 204 valence electrons. The van der Waals surface area contributed by atoms with E-state index in [2.05, 4.69) is 76.3 Å². The molecule has 0 spiro atoms. The van der Waals surface area contributed by atoms with Gasteiger partial charge in [0.1, 0.15) is 0 Å². The fourth-order valence-electron chi connectivity index (χ4n) is 5.60. The van der Waals surface area contributed by atoms with Crippen molar-refractivity contribution in [3.63, 3.8) is 0 Å². The van der Waals surface area contributed by atoms with E-state index in [0.29, 0.717) is 18.4 Å². The van der Waals surface area contributed by atoms with Crippen LogP contribution in [0.15, 0.2) is 42.6 Å². The molecule has 1 amide bonds. The Morgan fingerprint density at radius 2 is 1.82 bits per heavy atom. The van der Waals surface area contributed by atoms with E-state index in [4.69, 9.17) is 4.98 Å². The Labute approximate surface area is 234 Å². The lowest BCUT2D eigenvalue weighted by atomic mass is 9.93. The van der Waals surface area contributed by atoms with Crippen molar-refractivity contribution in [1.82, 2.24) is 30.0 Å². The second-order valence-corrected chi connectivity index (χ2v) is 10.4. The number of anilines is 4. The van der Waals surface area contributed by atoms with Crippen LogP contribution in [-0.4, -0.2) is 50.2 Å². The number of nitrogens with zero attached hydrogens (tertiary/aromatic N) is 5. The second kappa shape index (κ2) is 11.2. The van der Waals surface area contributed by atoms with E-state index < -0.39 is 0 Å². The maximum Gasteiger partial charge on any atom is 0.229 e. The molecule has 4 aromatic rings. The van der Waals surface area contributed by atoms with Crippen molar-refractivity contribution in [1.29, 1.82) is 0 Å². The first-order valence-corrected chi connectivity index (χ1v) is 13.4. The molecule has 2 aliphatic heterocycles. The molecular formula is C29H35ClN8O. The number of hydrogen-bond acceptors (Lipinski definition) is 7. The molecule has 3 N–H and O–H groups in total. The van der Waals surface area contributed by atoms with Gasteiger partial charge in [0, 0.05) is 43.6 Å². The van der Waals surface area contributed by atoms with E-state index in [-0.39, 0.29) is 18.3 Å². The van der Waals surface area contributed by atoms with Gasteiger partial charge in [-0.3, -0.25) is 4.79 Å². The van der Waals surface area contributed by atoms with Gasteiger partial charge in [0.15, 0.2) is 11.5 Å². The molecule has 0 radical (unpaired) electrons. The molecule has 1 saturated heterocycles. The molecule has 0 unspecified atom stereocenters. The Kier molecular flexibility index (Phi) is 7.72. The summed E-state index contributed by atoms with van der Waals surface area (Å²) in [5.74, 6) is 1.69. The molecule has 4 heterocycles. The van der Waals surface area contributed by atoms with E-state index in [1.165, 1.54) is 11.1 Å². The first-order chi connectivity index (χ1) is 18.5. The molecule has 0 saturated carbocycles. The Bertz CT molecular complexity index is 1490. The third-order valence-corrected chi connectivity index (χ3v) is 7.78. The molecule has 2 aromatic carbocycles. The number of aromatic nitrogens is 4. The second-order valence-electron chi connectivity index (χ2n) is 10.4. The predicted octanol–water partition coefficient (Wildman–Crippen LogP) is 4.77. The summed E-state index contributed by atoms with van der Waals surface area (Å²) >= 11 is 0. The highest BCUT2D eigenvalue weighted by molar-refractivity contribution is 5.90. The van der Waals surface area contributed by atoms with Gasteiger partial charge in [-0.05, 0) is 80.6 Å². The van der Waals surface area contributed by atoms with Crippen LogP contribution in [0.2, 0.25) is 0 Å². The van der Waals surface area contributed by atoms with Crippen LogP contribution in [0.4, 0.5) is 23.1 Å². The number of halogens is 1. The van der Waals surface area contributed by atoms with Gasteiger partial charge in [0.2, 0.25) is 11.9 Å². The number of rotatable bonds is 5. The molecule has 2 aliphatic rings. The summed E-state index contributed by atoms with van der Waals surface area (Å²) in [6, 6.07) is 12.6. The summed E-state index contributed by atoms with van der Waals surface area (Å²) in [6.07, 6.45) is 4.56. The minimum Gasteiger partial charge on any atom is -0.338 e. The number of fused-ring (bicyclic) bond motifs is 2. The number of aryl methyl sites for hydroxylation is 3. The van der Waals surface area contributed by atoms with Crippen LogP contribution in [0.3, 0.4) is 0 Å². The molecule has 6 rings (SSSR count). The van der Waals surface area contributed by atoms with Crippen molar-refractivity contribution >= 4 is 52.5 Å². The number of hydrogen-bond donors (Lipinski definition) is 3. The molecule has 0 bridgehead atoms. The zero-order valence-corrected chi connectivity index (χ0v) is 23.4. The SMILES string of the molecule is Cc1cccc(C)c1Nc1nn(C)c2nc(Nc3ccc4c(c3)CN(C(=O)C3CCNCC3)CC4)ncc12.Cl. The lowest BCUT2D eigenvalue weighted by Gasteiger charge is -2.33. The Hall–Kier alpha value is -3.69. The zero-order chi connectivity index (χ0) is 26.2. The van der Waals surface area contributed by atoms with Gasteiger partial charge in [0.25, 0.3) is 0 Å². The van der Waals surface area contributed by atoms with Crippen LogP contribution in [-0.2, 0) is 24.8 Å². The zero-order valence-electron chi connectivity index (χ0n) is 22.6. The van der Waals surface area contributed by atoms with E-state index in [9.17, 15) is 4.79 Å². The molecule has 1 fully saturated rings. The maximum atomic E-state index is 13.1. The van der Waals surface area contributed by atoms with Crippen molar-refractivity contribution in [2.45, 2.75) is 39.7 Å². The van der Waals surface area contributed by atoms with Crippen molar-refractivity contribution in [3.05, 3.63) is 64.8 Å². The number of carbonyl (C=O) groups excluding carboxylic acids is 1. The van der Waals surface area contributed by atoms with Crippen molar-refractivity contribution in [2.24, 2.45) is 13.0 Å². The van der Waals surface area contributed by atoms with Gasteiger partial charge in [-0.1, -0.05) is 24.3 Å². The monoisotopic (exact) mass is 546 g/mol. The fraction of sp³-hybridized carbons (Fsp3) is 0.379. The summed E-state index contributed by atoms with van der Waals surface area (Å²) in [6.45, 7) is 7.47. The lowest BCUT2D eigenvalue weighted by Crippen LogP contribution is -2.43. The van der Waals surface area contributed by atoms with Crippen LogP contribution >= 0.6 is 12.4 Å². The Balaban J connectivity index is 0.00000308. The molecule has 10 heteroatoms. The smallest absolute Gasteiger partial charge is 0.229 e. The van der Waals surface area contributed by atoms with E-state index in [1.807, 2.05) is 18.1 Å². The highest BCUT2D eigenvalue weighted by Crippen LogP contribution is 2.30. The molecule has 0 aliphatic carbocycles. The molecule has 9 nitrogen and oxygen atoms in total. The van der Waals surface area contributed by atoms with Gasteiger partial charge < -0.3 is 20.9 Å². The maximum absolute atomic E-state index is 13.1. The number of piperidine rings is 1. The van der Waals surface area contributed by atoms with Crippen molar-refractivity contribution in [2.75, 3.05) is 30.3 Å². The normalized spacial score (nSPS) is 15.5. The molecule has 39 heavy (non-hydrogen) atoms. The van der Waals surface area contributed by atoms with Crippen LogP contribution in [0.25, 0.3) is 11.0 Å². The first-order valence-electron chi connectivity index (χ1n) is 13.4. The highest BCUT2D eigenvalue weighted by Gasteiger charge is 2.28. The van der Waals surface area contributed by atoms with Gasteiger partial charge in [0.05, 0.1) is 5.39 Å². The number of nitrogens with one attached hydrogen (secondary N) is 3. The molecular weight excluding hydrogens is 512 g/mol. The van der Waals surface area contributed by atoms with Gasteiger partial charge >= 0.3 is 0 Å². The van der Waals surface area contributed by atoms with Crippen LogP contribution in [0.1, 0.15) is 35.1 Å². The quantitative estimate of drug-likeness (QED) is 0.331. The standard InChI is InChI=1S/C29H34N8O.ClH/c1-18-5-4-6-19(2)25(18)33-26-24-16-31-29(34-27(24)36(3)35-26)32-23-8-7-20-11-14-37(17-22(20)15-23)28(38)21-9-12-30-13-10-21;/h4-8,15-16,21,30H,9-14,17H2,1-3H3,(H,33,35)(H,31,32,34);1H. The summed E-state index contributed by atoms with van der Waals surface area (Å²) < 4.78 is 1.77. The summed E-state index contributed by atoms with van der Waals surface area (Å²) in [5, 5.41) is 15.7. The average molecular weight is 547 g/mol. The van der Waals surface area contributed by atoms with Crippen LogP contribution < -0.4 is 16.0 Å². The number of benzene rings is 2. The lowest BCUT2D eigenvalue weighted by molar-refractivity contribution is -0.137. The first kappa shape index (κ1) is 26.9. The summed E-state index contributed by atoms with van der Waals surface area (Å²) in [4.78, 5) is 24.5. The summed E-state index contributed by atoms with van der Waals surface area (Å²) in [5.41, 5.74) is 7.51. The minimum atomic E-state index is 0. The highest BCUT2D eigenvalue weighted by atomic mass is 35.5. The molecule has 2 aromatic heterocycles. The van der Waals surface area contributed by atoms with Crippen LogP contribution in [0, 0.1) is 19.8 Å². The third-order valence-electron chi connectivity index (χ3n) is 7.78. The third kappa shape index (κ3) is 5.42. The van der Waals surface area contributed by atoms with Gasteiger partial charge in [-0.2, -0.15) is 10.1 Å². The Morgan fingerprint density at radius 3 is 2.59 bits per heavy atom. The van der Waals surface area contributed by atoms with Crippen molar-refractivity contribution < 1.29 is 4.79 Å². The summed E-state index contributed by atoms with van der Waals surface area (Å²) in [7, 11) is 1.89. The fourth-order valence-corrected chi connectivity index (χ4v) is 5.60. The molecule has 0 atom stereocenters.